The minimum atomic E-state index is -0.378. The molecule has 0 saturated heterocycles. The number of aromatic nitrogens is 1. The van der Waals surface area contributed by atoms with E-state index in [-0.39, 0.29) is 5.41 Å². The molecule has 1 aliphatic rings. The van der Waals surface area contributed by atoms with E-state index in [1.165, 1.54) is 83.1 Å². The lowest BCUT2D eigenvalue weighted by molar-refractivity contribution is 0.767. The maximum Gasteiger partial charge on any atom is 0.0713 e. The Morgan fingerprint density at radius 2 is 0.941 bits per heavy atom. The van der Waals surface area contributed by atoms with Crippen LogP contribution in [-0.4, -0.2) is 4.57 Å². The van der Waals surface area contributed by atoms with Crippen LogP contribution in [0.1, 0.15) is 33.4 Å². The number of rotatable bonds is 6. The molecule has 1 nitrogen and oxygen atoms in total. The molecule has 8 aromatic carbocycles. The van der Waals surface area contributed by atoms with E-state index in [2.05, 4.69) is 205 Å². The summed E-state index contributed by atoms with van der Waals surface area (Å²) in [4.78, 5) is 0. The van der Waals surface area contributed by atoms with Gasteiger partial charge < -0.3 is 4.57 Å². The van der Waals surface area contributed by atoms with E-state index >= 15 is 0 Å². The summed E-state index contributed by atoms with van der Waals surface area (Å²) in [7, 11) is 0. The topological polar surface area (TPSA) is 4.93 Å². The van der Waals surface area contributed by atoms with Crippen molar-refractivity contribution in [2.45, 2.75) is 11.8 Å². The smallest absolute Gasteiger partial charge is 0.0713 e. The Labute approximate surface area is 298 Å². The highest BCUT2D eigenvalue weighted by Gasteiger charge is 2.45. The van der Waals surface area contributed by atoms with E-state index in [0.29, 0.717) is 0 Å². The van der Waals surface area contributed by atoms with Crippen LogP contribution < -0.4 is 0 Å². The van der Waals surface area contributed by atoms with E-state index in [4.69, 9.17) is 0 Å². The van der Waals surface area contributed by atoms with E-state index in [1.54, 1.807) is 0 Å². The number of hydrogen-bond donors (Lipinski definition) is 0. The quantitative estimate of drug-likeness (QED) is 0.169. The molecule has 0 atom stereocenters. The van der Waals surface area contributed by atoms with Gasteiger partial charge in [0.1, 0.15) is 0 Å². The Kier molecular flexibility index (Phi) is 6.85. The molecule has 0 unspecified atom stereocenters. The Bertz CT molecular complexity index is 2640. The van der Waals surface area contributed by atoms with Crippen LogP contribution in [0, 0.1) is 0 Å². The fraction of sp³-hybridized carbons (Fsp3) is 0.0400. The van der Waals surface area contributed by atoms with Crippen LogP contribution in [0.25, 0.3) is 49.7 Å². The van der Waals surface area contributed by atoms with Gasteiger partial charge >= 0.3 is 0 Å². The van der Waals surface area contributed by atoms with E-state index < -0.39 is 0 Å². The highest BCUT2D eigenvalue weighted by Crippen LogP contribution is 2.56. The summed E-state index contributed by atoms with van der Waals surface area (Å²) in [5, 5.41) is 2.55. The van der Waals surface area contributed by atoms with E-state index in [1.807, 2.05) is 0 Å². The highest BCUT2D eigenvalue weighted by molar-refractivity contribution is 6.10. The average Bonchev–Trinajstić information content (AvgIpc) is 3.69. The average molecular weight is 650 g/mol. The van der Waals surface area contributed by atoms with Crippen molar-refractivity contribution in [2.75, 3.05) is 0 Å². The minimum absolute atomic E-state index is 0.378. The van der Waals surface area contributed by atoms with Gasteiger partial charge in [-0.1, -0.05) is 170 Å². The summed E-state index contributed by atoms with van der Waals surface area (Å²) in [6, 6.07) is 73.7. The zero-order valence-electron chi connectivity index (χ0n) is 28.2. The fourth-order valence-electron chi connectivity index (χ4n) is 8.66. The molecule has 0 radical (unpaired) electrons. The molecule has 51 heavy (non-hydrogen) atoms. The lowest BCUT2D eigenvalue weighted by Crippen LogP contribution is -2.28. The first-order chi connectivity index (χ1) is 25.3. The SMILES string of the molecule is c1ccc(-n2c3ccccc3c3cc(-c4ccc(Cc5ccc6c(c5)C(c5ccccc5)(c5ccccc5)c5ccccc5-6)cc4)ccc32)cc1. The van der Waals surface area contributed by atoms with Crippen LogP contribution >= 0.6 is 0 Å². The second-order valence-electron chi connectivity index (χ2n) is 13.7. The van der Waals surface area contributed by atoms with E-state index in [9.17, 15) is 0 Å². The molecule has 10 rings (SSSR count). The molecule has 1 heterocycles. The molecule has 1 heteroatoms. The van der Waals surface area contributed by atoms with Gasteiger partial charge in [-0.15, -0.1) is 0 Å². The minimum Gasteiger partial charge on any atom is -0.309 e. The lowest BCUT2D eigenvalue weighted by Gasteiger charge is -2.34. The van der Waals surface area contributed by atoms with Crippen molar-refractivity contribution < 1.29 is 0 Å². The maximum atomic E-state index is 2.47. The predicted octanol–water partition coefficient (Wildman–Crippen LogP) is 12.4. The third-order valence-corrected chi connectivity index (χ3v) is 10.9. The Morgan fingerprint density at radius 3 is 1.69 bits per heavy atom. The van der Waals surface area contributed by atoms with Crippen LogP contribution in [-0.2, 0) is 11.8 Å². The molecule has 0 saturated carbocycles. The molecule has 0 amide bonds. The molecule has 0 bridgehead atoms. The Morgan fingerprint density at radius 1 is 0.373 bits per heavy atom. The summed E-state index contributed by atoms with van der Waals surface area (Å²) in [5.74, 6) is 0. The second kappa shape index (κ2) is 11.9. The van der Waals surface area contributed by atoms with Gasteiger partial charge in [0.05, 0.1) is 16.4 Å². The van der Waals surface area contributed by atoms with Crippen LogP contribution in [0.4, 0.5) is 0 Å². The molecule has 1 aromatic heterocycles. The van der Waals surface area contributed by atoms with Gasteiger partial charge in [-0.25, -0.2) is 0 Å². The number of fused-ring (bicyclic) bond motifs is 6. The van der Waals surface area contributed by atoms with Crippen LogP contribution in [0.5, 0.6) is 0 Å². The zero-order chi connectivity index (χ0) is 33.8. The summed E-state index contributed by atoms with van der Waals surface area (Å²) in [5.41, 5.74) is 16.3. The molecule has 240 valence electrons. The zero-order valence-corrected chi connectivity index (χ0v) is 28.2. The fourth-order valence-corrected chi connectivity index (χ4v) is 8.66. The van der Waals surface area contributed by atoms with Gasteiger partial charge in [-0.3, -0.25) is 0 Å². The van der Waals surface area contributed by atoms with Gasteiger partial charge in [0, 0.05) is 16.5 Å². The molecule has 0 N–H and O–H groups in total. The molecule has 9 aromatic rings. The summed E-state index contributed by atoms with van der Waals surface area (Å²) in [6.07, 6.45) is 0.868. The maximum absolute atomic E-state index is 2.47. The number of benzene rings is 8. The monoisotopic (exact) mass is 649 g/mol. The molecular weight excluding hydrogens is 615 g/mol. The number of nitrogens with zero attached hydrogens (tertiary/aromatic N) is 1. The second-order valence-corrected chi connectivity index (χ2v) is 13.7. The standard InChI is InChI=1S/C50H35N/c1-4-14-39(15-5-1)50(40-16-6-2-7-17-40)46-22-12-10-20-42(46)43-30-26-36(33-47(43)50)32-35-24-27-37(28-25-35)38-29-31-49-45(34-38)44-21-11-13-23-48(44)51(49)41-18-8-3-9-19-41/h1-31,33-34H,32H2. The molecular formula is C50H35N. The Balaban J connectivity index is 1.03. The van der Waals surface area contributed by atoms with Crippen molar-refractivity contribution in [3.63, 3.8) is 0 Å². The highest BCUT2D eigenvalue weighted by atomic mass is 15.0. The molecule has 0 aliphatic heterocycles. The Hall–Kier alpha value is -6.44. The lowest BCUT2D eigenvalue weighted by atomic mass is 9.67. The van der Waals surface area contributed by atoms with Gasteiger partial charge in [-0.2, -0.15) is 0 Å². The normalized spacial score (nSPS) is 12.9. The molecule has 0 spiro atoms. The van der Waals surface area contributed by atoms with Crippen molar-refractivity contribution in [3.8, 4) is 27.9 Å². The largest absolute Gasteiger partial charge is 0.309 e. The third-order valence-electron chi connectivity index (χ3n) is 10.9. The van der Waals surface area contributed by atoms with Gasteiger partial charge in [0.25, 0.3) is 0 Å². The number of para-hydroxylation sites is 2. The number of hydrogen-bond acceptors (Lipinski definition) is 0. The van der Waals surface area contributed by atoms with Gasteiger partial charge in [0.15, 0.2) is 0 Å². The van der Waals surface area contributed by atoms with Crippen LogP contribution in [0.2, 0.25) is 0 Å². The van der Waals surface area contributed by atoms with Crippen molar-refractivity contribution in [1.82, 2.24) is 4.57 Å². The van der Waals surface area contributed by atoms with E-state index in [0.717, 1.165) is 6.42 Å². The molecule has 0 fully saturated rings. The van der Waals surface area contributed by atoms with Crippen molar-refractivity contribution in [1.29, 1.82) is 0 Å². The third kappa shape index (κ3) is 4.62. The first-order valence-corrected chi connectivity index (χ1v) is 17.8. The first kappa shape index (κ1) is 29.5. The van der Waals surface area contributed by atoms with Crippen molar-refractivity contribution >= 4 is 21.8 Å². The summed E-state index contributed by atoms with van der Waals surface area (Å²) in [6.45, 7) is 0. The first-order valence-electron chi connectivity index (χ1n) is 17.8. The summed E-state index contributed by atoms with van der Waals surface area (Å²) >= 11 is 0. The van der Waals surface area contributed by atoms with Gasteiger partial charge in [0.2, 0.25) is 0 Å². The summed E-state index contributed by atoms with van der Waals surface area (Å²) < 4.78 is 2.37. The van der Waals surface area contributed by atoms with Crippen molar-refractivity contribution in [3.05, 3.63) is 234 Å². The molecule has 1 aliphatic carbocycles. The van der Waals surface area contributed by atoms with Crippen LogP contribution in [0.15, 0.2) is 200 Å². The van der Waals surface area contributed by atoms with Crippen LogP contribution in [0.3, 0.4) is 0 Å². The van der Waals surface area contributed by atoms with Gasteiger partial charge in [-0.05, 0) is 92.4 Å². The predicted molar refractivity (Wildman–Crippen MR) is 213 cm³/mol. The van der Waals surface area contributed by atoms with Crippen molar-refractivity contribution in [2.24, 2.45) is 0 Å².